The van der Waals surface area contributed by atoms with Gasteiger partial charge < -0.3 is 5.32 Å². The van der Waals surface area contributed by atoms with Crippen molar-refractivity contribution in [1.29, 1.82) is 0 Å². The number of hydrogen-bond donors (Lipinski definition) is 1. The van der Waals surface area contributed by atoms with Crippen molar-refractivity contribution in [3.63, 3.8) is 0 Å². The Balaban J connectivity index is 2.83. The lowest BCUT2D eigenvalue weighted by atomic mass is 10.3. The van der Waals surface area contributed by atoms with E-state index in [0.29, 0.717) is 11.8 Å². The molecule has 0 saturated heterocycles. The predicted molar refractivity (Wildman–Crippen MR) is 74.5 cm³/mol. The molecule has 0 radical (unpaired) electrons. The minimum absolute atomic E-state index is 0.0125. The van der Waals surface area contributed by atoms with Gasteiger partial charge in [0.25, 0.3) is 0 Å². The average Bonchev–Trinajstić information content (AvgIpc) is 2.27. The summed E-state index contributed by atoms with van der Waals surface area (Å²) in [7, 11) is 0. The number of halogens is 1. The van der Waals surface area contributed by atoms with Gasteiger partial charge in [0.2, 0.25) is 11.1 Å². The first-order chi connectivity index (χ1) is 8.45. The molecule has 0 bridgehead atoms. The zero-order valence-corrected chi connectivity index (χ0v) is 12.0. The second-order valence-electron chi connectivity index (χ2n) is 3.79. The van der Waals surface area contributed by atoms with Gasteiger partial charge in [-0.3, -0.25) is 10.1 Å². The molecule has 0 amide bonds. The number of nitrogens with one attached hydrogen (secondary N) is 1. The number of aromatic nitrogens is 2. The van der Waals surface area contributed by atoms with Crippen LogP contribution in [-0.2, 0) is 0 Å². The van der Waals surface area contributed by atoms with E-state index in [1.807, 2.05) is 6.26 Å². The molecule has 0 spiro atoms. The predicted octanol–water partition coefficient (Wildman–Crippen LogP) is 2.90. The van der Waals surface area contributed by atoms with Gasteiger partial charge in [-0.25, -0.2) is 4.98 Å². The Morgan fingerprint density at radius 2 is 2.22 bits per heavy atom. The van der Waals surface area contributed by atoms with E-state index < -0.39 is 4.92 Å². The molecule has 0 fully saturated rings. The summed E-state index contributed by atoms with van der Waals surface area (Å²) in [6, 6.07) is 0. The number of anilines is 1. The number of nitrogens with zero attached hydrogens (tertiary/aromatic N) is 3. The number of thioether (sulfide) groups is 1. The quantitative estimate of drug-likeness (QED) is 0.493. The highest BCUT2D eigenvalue weighted by Crippen LogP contribution is 2.26. The fraction of sp³-hybridized carbons (Fsp3) is 0.600. The van der Waals surface area contributed by atoms with E-state index in [2.05, 4.69) is 22.2 Å². The Morgan fingerprint density at radius 1 is 1.56 bits per heavy atom. The standard InChI is InChI=1S/C10H15ClN4O2S/c1-6(18-3)4-5-12-9-8(15(16)17)7(2)13-10(11)14-9/h6H,4-5H2,1-3H3,(H,12,13,14). The van der Waals surface area contributed by atoms with Gasteiger partial charge in [-0.05, 0) is 31.2 Å². The molecule has 6 nitrogen and oxygen atoms in total. The van der Waals surface area contributed by atoms with Crippen molar-refractivity contribution in [3.8, 4) is 0 Å². The lowest BCUT2D eigenvalue weighted by Gasteiger charge is -2.10. The van der Waals surface area contributed by atoms with Crippen LogP contribution < -0.4 is 5.32 Å². The van der Waals surface area contributed by atoms with Gasteiger partial charge in [-0.1, -0.05) is 6.92 Å². The van der Waals surface area contributed by atoms with Crippen molar-refractivity contribution in [3.05, 3.63) is 21.1 Å². The largest absolute Gasteiger partial charge is 0.364 e. The first-order valence-electron chi connectivity index (χ1n) is 5.41. The van der Waals surface area contributed by atoms with Crippen molar-refractivity contribution < 1.29 is 4.92 Å². The number of nitro groups is 1. The number of aryl methyl sites for hydroxylation is 1. The molecular formula is C10H15ClN4O2S. The molecule has 0 aliphatic heterocycles. The van der Waals surface area contributed by atoms with Gasteiger partial charge in [0.05, 0.1) is 4.92 Å². The van der Waals surface area contributed by atoms with Crippen molar-refractivity contribution in [2.45, 2.75) is 25.5 Å². The highest BCUT2D eigenvalue weighted by atomic mass is 35.5. The van der Waals surface area contributed by atoms with E-state index in [4.69, 9.17) is 11.6 Å². The Labute approximate surface area is 115 Å². The van der Waals surface area contributed by atoms with Crippen LogP contribution in [0.1, 0.15) is 19.0 Å². The molecule has 1 unspecified atom stereocenters. The van der Waals surface area contributed by atoms with Gasteiger partial charge in [0, 0.05) is 11.8 Å². The maximum atomic E-state index is 10.9. The minimum Gasteiger partial charge on any atom is -0.364 e. The third kappa shape index (κ3) is 3.99. The molecule has 0 aliphatic rings. The monoisotopic (exact) mass is 290 g/mol. The van der Waals surface area contributed by atoms with Gasteiger partial charge >= 0.3 is 5.69 Å². The van der Waals surface area contributed by atoms with E-state index >= 15 is 0 Å². The summed E-state index contributed by atoms with van der Waals surface area (Å²) >= 11 is 7.45. The van der Waals surface area contributed by atoms with Crippen LogP contribution in [0.5, 0.6) is 0 Å². The van der Waals surface area contributed by atoms with Crippen LogP contribution in [0.3, 0.4) is 0 Å². The molecule has 1 heterocycles. The van der Waals surface area contributed by atoms with Gasteiger partial charge in [-0.15, -0.1) is 0 Å². The SMILES string of the molecule is CSC(C)CCNc1nc(Cl)nc(C)c1[N+](=O)[O-]. The molecule has 18 heavy (non-hydrogen) atoms. The summed E-state index contributed by atoms with van der Waals surface area (Å²) in [6.45, 7) is 4.25. The molecule has 100 valence electrons. The highest BCUT2D eigenvalue weighted by Gasteiger charge is 2.21. The van der Waals surface area contributed by atoms with E-state index in [1.165, 1.54) is 0 Å². The molecule has 0 aliphatic carbocycles. The van der Waals surface area contributed by atoms with Crippen molar-refractivity contribution in [1.82, 2.24) is 9.97 Å². The molecule has 1 aromatic heterocycles. The van der Waals surface area contributed by atoms with Crippen LogP contribution >= 0.6 is 23.4 Å². The summed E-state index contributed by atoms with van der Waals surface area (Å²) in [5.41, 5.74) is 0.150. The fourth-order valence-electron chi connectivity index (χ4n) is 1.39. The Bertz CT molecular complexity index is 444. The van der Waals surface area contributed by atoms with Gasteiger partial charge in [0.1, 0.15) is 5.69 Å². The smallest absolute Gasteiger partial charge is 0.332 e. The zero-order valence-electron chi connectivity index (χ0n) is 10.4. The topological polar surface area (TPSA) is 81.0 Å². The third-order valence-electron chi connectivity index (χ3n) is 2.46. The summed E-state index contributed by atoms with van der Waals surface area (Å²) in [5, 5.41) is 14.4. The number of rotatable bonds is 6. The third-order valence-corrected chi connectivity index (χ3v) is 3.67. The first-order valence-corrected chi connectivity index (χ1v) is 7.07. The van der Waals surface area contributed by atoms with Crippen molar-refractivity contribution in [2.24, 2.45) is 0 Å². The molecule has 1 N–H and O–H groups in total. The van der Waals surface area contributed by atoms with Crippen LogP contribution in [-0.4, -0.2) is 32.9 Å². The second kappa shape index (κ2) is 6.75. The maximum Gasteiger partial charge on any atom is 0.332 e. The van der Waals surface area contributed by atoms with E-state index in [0.717, 1.165) is 6.42 Å². The van der Waals surface area contributed by atoms with Crippen LogP contribution in [0, 0.1) is 17.0 Å². The van der Waals surface area contributed by atoms with Crippen LogP contribution in [0.2, 0.25) is 5.28 Å². The lowest BCUT2D eigenvalue weighted by Crippen LogP contribution is -2.11. The normalized spacial score (nSPS) is 12.2. The minimum atomic E-state index is -0.494. The van der Waals surface area contributed by atoms with E-state index in [9.17, 15) is 10.1 Å². The van der Waals surface area contributed by atoms with Crippen LogP contribution in [0.4, 0.5) is 11.5 Å². The van der Waals surface area contributed by atoms with Gasteiger partial charge in [-0.2, -0.15) is 16.7 Å². The zero-order chi connectivity index (χ0) is 13.7. The molecule has 0 aromatic carbocycles. The maximum absolute atomic E-state index is 10.9. The fourth-order valence-corrected chi connectivity index (χ4v) is 1.95. The molecule has 1 atom stereocenters. The highest BCUT2D eigenvalue weighted by molar-refractivity contribution is 7.99. The van der Waals surface area contributed by atoms with Crippen molar-refractivity contribution in [2.75, 3.05) is 18.1 Å². The van der Waals surface area contributed by atoms with Gasteiger partial charge in [0.15, 0.2) is 0 Å². The molecule has 1 aromatic rings. The Hall–Kier alpha value is -1.08. The van der Waals surface area contributed by atoms with E-state index in [1.54, 1.807) is 18.7 Å². The number of hydrogen-bond acceptors (Lipinski definition) is 6. The van der Waals surface area contributed by atoms with E-state index in [-0.39, 0.29) is 22.5 Å². The molecule has 0 saturated carbocycles. The molecule has 1 rings (SSSR count). The Morgan fingerprint density at radius 3 is 2.78 bits per heavy atom. The first kappa shape index (κ1) is 15.0. The average molecular weight is 291 g/mol. The summed E-state index contributed by atoms with van der Waals surface area (Å²) in [4.78, 5) is 18.1. The summed E-state index contributed by atoms with van der Waals surface area (Å²) in [5.74, 6) is 0.186. The van der Waals surface area contributed by atoms with Crippen LogP contribution in [0.15, 0.2) is 0 Å². The lowest BCUT2D eigenvalue weighted by molar-refractivity contribution is -0.385. The summed E-state index contributed by atoms with van der Waals surface area (Å²) < 4.78 is 0. The summed E-state index contributed by atoms with van der Waals surface area (Å²) in [6.07, 6.45) is 2.91. The van der Waals surface area contributed by atoms with Crippen LogP contribution in [0.25, 0.3) is 0 Å². The Kier molecular flexibility index (Phi) is 5.61. The van der Waals surface area contributed by atoms with Crippen molar-refractivity contribution >= 4 is 34.9 Å². The second-order valence-corrected chi connectivity index (χ2v) is 5.41. The molecule has 8 heteroatoms. The molecular weight excluding hydrogens is 276 g/mol.